The molecule has 1 saturated carbocycles. The van der Waals surface area contributed by atoms with Gasteiger partial charge in [-0.05, 0) is 55.5 Å². The van der Waals surface area contributed by atoms with Crippen LogP contribution < -0.4 is 4.74 Å². The standard InChI is InChI=1S/C22H25F3O5/c23-22(24,25)30-17-11-7-16(8-12-17)19(26)13-9-15-10-14-20(27)18(15)5-3-1-2-4-6-21(28)29/h7-9,11-13,15,18H,1-6,10,14H2,(H,28,29)/b13-9+. The second kappa shape index (κ2) is 10.9. The number of carbonyl (C=O) groups is 3. The third-order valence-corrected chi connectivity index (χ3v) is 5.18. The van der Waals surface area contributed by atoms with Crippen LogP contribution in [0.3, 0.4) is 0 Å². The molecule has 30 heavy (non-hydrogen) atoms. The van der Waals surface area contributed by atoms with E-state index in [0.29, 0.717) is 25.7 Å². The minimum Gasteiger partial charge on any atom is -0.481 e. The highest BCUT2D eigenvalue weighted by molar-refractivity contribution is 6.04. The normalized spacial score (nSPS) is 19.4. The summed E-state index contributed by atoms with van der Waals surface area (Å²) in [6, 6.07) is 4.70. The number of allylic oxidation sites excluding steroid dienone is 2. The number of hydrogen-bond acceptors (Lipinski definition) is 4. The molecule has 2 unspecified atom stereocenters. The summed E-state index contributed by atoms with van der Waals surface area (Å²) in [7, 11) is 0. The Bertz CT molecular complexity index is 768. The number of carboxylic acid groups (broad SMARTS) is 1. The summed E-state index contributed by atoms with van der Waals surface area (Å²) in [5.41, 5.74) is 0.236. The summed E-state index contributed by atoms with van der Waals surface area (Å²) >= 11 is 0. The molecule has 0 heterocycles. The van der Waals surface area contributed by atoms with Gasteiger partial charge in [0, 0.05) is 24.3 Å². The van der Waals surface area contributed by atoms with Crippen molar-refractivity contribution in [3.63, 3.8) is 0 Å². The minimum atomic E-state index is -4.79. The van der Waals surface area contributed by atoms with E-state index in [1.54, 1.807) is 6.08 Å². The Kier molecular flexibility index (Phi) is 8.62. The van der Waals surface area contributed by atoms with Crippen molar-refractivity contribution in [2.45, 2.75) is 57.7 Å². The second-order valence-electron chi connectivity index (χ2n) is 7.42. The topological polar surface area (TPSA) is 80.7 Å². The molecule has 0 amide bonds. The number of halogens is 3. The van der Waals surface area contributed by atoms with Crippen molar-refractivity contribution in [1.82, 2.24) is 0 Å². The van der Waals surface area contributed by atoms with Crippen molar-refractivity contribution < 1.29 is 37.4 Å². The van der Waals surface area contributed by atoms with E-state index in [1.807, 2.05) is 0 Å². The van der Waals surface area contributed by atoms with Gasteiger partial charge in [0.25, 0.3) is 0 Å². The van der Waals surface area contributed by atoms with Crippen molar-refractivity contribution in [3.05, 3.63) is 42.0 Å². The highest BCUT2D eigenvalue weighted by Crippen LogP contribution is 2.34. The number of carboxylic acids is 1. The van der Waals surface area contributed by atoms with Gasteiger partial charge in [-0.25, -0.2) is 0 Å². The van der Waals surface area contributed by atoms with Gasteiger partial charge in [0.2, 0.25) is 0 Å². The lowest BCUT2D eigenvalue weighted by atomic mass is 9.89. The Hall–Kier alpha value is -2.64. The third-order valence-electron chi connectivity index (χ3n) is 5.18. The van der Waals surface area contributed by atoms with E-state index in [1.165, 1.54) is 18.2 Å². The quantitative estimate of drug-likeness (QED) is 0.293. The molecule has 164 valence electrons. The van der Waals surface area contributed by atoms with Gasteiger partial charge in [-0.1, -0.05) is 25.3 Å². The average Bonchev–Trinajstić information content (AvgIpc) is 3.01. The molecule has 8 heteroatoms. The molecular weight excluding hydrogens is 401 g/mol. The lowest BCUT2D eigenvalue weighted by Gasteiger charge is -2.14. The number of aliphatic carboxylic acids is 1. The van der Waals surface area contributed by atoms with E-state index in [0.717, 1.165) is 31.4 Å². The predicted molar refractivity (Wildman–Crippen MR) is 103 cm³/mol. The van der Waals surface area contributed by atoms with Gasteiger partial charge in [0.1, 0.15) is 11.5 Å². The summed E-state index contributed by atoms with van der Waals surface area (Å²) in [5.74, 6) is -1.55. The predicted octanol–water partition coefficient (Wildman–Crippen LogP) is 5.34. The van der Waals surface area contributed by atoms with Crippen LogP contribution in [0.1, 0.15) is 61.7 Å². The number of carbonyl (C=O) groups excluding carboxylic acids is 2. The summed E-state index contributed by atoms with van der Waals surface area (Å²) in [6.45, 7) is 0. The van der Waals surface area contributed by atoms with E-state index in [2.05, 4.69) is 4.74 Å². The maximum Gasteiger partial charge on any atom is 0.573 e. The fourth-order valence-corrected chi connectivity index (χ4v) is 3.66. The first-order valence-electron chi connectivity index (χ1n) is 9.98. The van der Waals surface area contributed by atoms with Crippen LogP contribution in [-0.2, 0) is 9.59 Å². The fraction of sp³-hybridized carbons (Fsp3) is 0.500. The minimum absolute atomic E-state index is 0.0340. The molecule has 0 spiro atoms. The van der Waals surface area contributed by atoms with Gasteiger partial charge in [-0.2, -0.15) is 0 Å². The second-order valence-corrected chi connectivity index (χ2v) is 7.42. The molecule has 1 N–H and O–H groups in total. The number of hydrogen-bond donors (Lipinski definition) is 1. The van der Waals surface area contributed by atoms with E-state index >= 15 is 0 Å². The van der Waals surface area contributed by atoms with Crippen LogP contribution in [0.2, 0.25) is 0 Å². The molecule has 0 saturated heterocycles. The van der Waals surface area contributed by atoms with Crippen LogP contribution in [0.5, 0.6) is 5.75 Å². The number of alkyl halides is 3. The molecule has 1 aromatic carbocycles. The third kappa shape index (κ3) is 8.00. The molecule has 2 atom stereocenters. The van der Waals surface area contributed by atoms with Crippen molar-refractivity contribution in [2.24, 2.45) is 11.8 Å². The highest BCUT2D eigenvalue weighted by atomic mass is 19.4. The SMILES string of the molecule is O=C(O)CCCCCCC1C(=O)CCC1/C=C/C(=O)c1ccc(OC(F)(F)F)cc1. The maximum atomic E-state index is 12.3. The van der Waals surface area contributed by atoms with Gasteiger partial charge in [0.15, 0.2) is 5.78 Å². The first-order chi connectivity index (χ1) is 14.2. The van der Waals surface area contributed by atoms with Crippen LogP contribution in [0.25, 0.3) is 0 Å². The summed E-state index contributed by atoms with van der Waals surface area (Å²) in [4.78, 5) is 34.9. The number of benzene rings is 1. The van der Waals surface area contributed by atoms with Crippen molar-refractivity contribution in [1.29, 1.82) is 0 Å². The van der Waals surface area contributed by atoms with Gasteiger partial charge < -0.3 is 9.84 Å². The van der Waals surface area contributed by atoms with Crippen molar-refractivity contribution in [2.75, 3.05) is 0 Å². The smallest absolute Gasteiger partial charge is 0.481 e. The van der Waals surface area contributed by atoms with Crippen LogP contribution in [0.4, 0.5) is 13.2 Å². The first kappa shape index (κ1) is 23.6. The van der Waals surface area contributed by atoms with Crippen LogP contribution >= 0.6 is 0 Å². The molecule has 5 nitrogen and oxygen atoms in total. The number of Topliss-reactive ketones (excluding diaryl/α,β-unsaturated/α-hetero) is 1. The fourth-order valence-electron chi connectivity index (χ4n) is 3.66. The van der Waals surface area contributed by atoms with E-state index in [-0.39, 0.29) is 35.4 Å². The zero-order chi connectivity index (χ0) is 22.1. The van der Waals surface area contributed by atoms with E-state index in [9.17, 15) is 27.6 Å². The molecule has 0 aromatic heterocycles. The number of unbranched alkanes of at least 4 members (excludes halogenated alkanes) is 3. The molecule has 1 aromatic rings. The Labute approximate surface area is 172 Å². The average molecular weight is 426 g/mol. The van der Waals surface area contributed by atoms with E-state index in [4.69, 9.17) is 5.11 Å². The Morgan fingerprint density at radius 1 is 1.10 bits per heavy atom. The molecule has 0 aliphatic heterocycles. The maximum absolute atomic E-state index is 12.3. The summed E-state index contributed by atoms with van der Waals surface area (Å²) in [5, 5.41) is 8.63. The van der Waals surface area contributed by atoms with Gasteiger partial charge in [-0.15, -0.1) is 13.2 Å². The monoisotopic (exact) mass is 426 g/mol. The van der Waals surface area contributed by atoms with Crippen molar-refractivity contribution >= 4 is 17.5 Å². The number of ketones is 2. The molecule has 2 rings (SSSR count). The molecule has 0 bridgehead atoms. The number of rotatable bonds is 11. The van der Waals surface area contributed by atoms with Gasteiger partial charge >= 0.3 is 12.3 Å². The van der Waals surface area contributed by atoms with Crippen LogP contribution in [0.15, 0.2) is 36.4 Å². The Morgan fingerprint density at radius 2 is 1.77 bits per heavy atom. The largest absolute Gasteiger partial charge is 0.573 e. The van der Waals surface area contributed by atoms with Crippen LogP contribution in [-0.4, -0.2) is 29.0 Å². The summed E-state index contributed by atoms with van der Waals surface area (Å²) < 4.78 is 40.4. The zero-order valence-corrected chi connectivity index (χ0v) is 16.5. The molecule has 1 fully saturated rings. The zero-order valence-electron chi connectivity index (χ0n) is 16.5. The highest BCUT2D eigenvalue weighted by Gasteiger charge is 2.32. The Morgan fingerprint density at radius 3 is 2.40 bits per heavy atom. The number of ether oxygens (including phenoxy) is 1. The first-order valence-corrected chi connectivity index (χ1v) is 9.98. The lowest BCUT2D eigenvalue weighted by molar-refractivity contribution is -0.274. The Balaban J connectivity index is 1.85. The lowest BCUT2D eigenvalue weighted by Crippen LogP contribution is -2.17. The van der Waals surface area contributed by atoms with Crippen LogP contribution in [0, 0.1) is 11.8 Å². The van der Waals surface area contributed by atoms with E-state index < -0.39 is 18.1 Å². The van der Waals surface area contributed by atoms with Gasteiger partial charge in [0.05, 0.1) is 0 Å². The van der Waals surface area contributed by atoms with Crippen molar-refractivity contribution in [3.8, 4) is 5.75 Å². The summed E-state index contributed by atoms with van der Waals surface area (Å²) in [6.07, 6.45) is 3.43. The molecular formula is C22H25F3O5. The molecule has 0 radical (unpaired) electrons. The van der Waals surface area contributed by atoms with Gasteiger partial charge in [-0.3, -0.25) is 14.4 Å². The molecule has 1 aliphatic carbocycles. The molecule has 1 aliphatic rings.